The van der Waals surface area contributed by atoms with E-state index in [1.165, 1.54) is 5.56 Å². The molecule has 0 bridgehead atoms. The van der Waals surface area contributed by atoms with Gasteiger partial charge < -0.3 is 9.47 Å². The van der Waals surface area contributed by atoms with Crippen LogP contribution in [0.5, 0.6) is 11.5 Å². The van der Waals surface area contributed by atoms with Gasteiger partial charge in [0.2, 0.25) is 0 Å². The monoisotopic (exact) mass is 206 g/mol. The minimum absolute atomic E-state index is 0.168. The summed E-state index contributed by atoms with van der Waals surface area (Å²) in [6.07, 6.45) is 1.34. The Morgan fingerprint density at radius 3 is 2.80 bits per heavy atom. The topological polar surface area (TPSA) is 18.5 Å². The maximum atomic E-state index is 5.81. The lowest BCUT2D eigenvalue weighted by molar-refractivity contribution is 0.150. The van der Waals surface area contributed by atoms with E-state index in [2.05, 4.69) is 26.8 Å². The predicted molar refractivity (Wildman–Crippen MR) is 60.7 cm³/mol. The van der Waals surface area contributed by atoms with Crippen molar-refractivity contribution in [2.24, 2.45) is 0 Å². The predicted octanol–water partition coefficient (Wildman–Crippen LogP) is 3.14. The van der Waals surface area contributed by atoms with Crippen LogP contribution in [-0.2, 0) is 5.41 Å². The summed E-state index contributed by atoms with van der Waals surface area (Å²) in [4.78, 5) is 0. The molecule has 2 rings (SSSR count). The van der Waals surface area contributed by atoms with Gasteiger partial charge in [-0.2, -0.15) is 0 Å². The Balaban J connectivity index is 2.48. The van der Waals surface area contributed by atoms with Crippen LogP contribution in [0.2, 0.25) is 0 Å². The van der Waals surface area contributed by atoms with Gasteiger partial charge in [-0.1, -0.05) is 13.8 Å². The summed E-state index contributed by atoms with van der Waals surface area (Å²) in [5, 5.41) is 0. The zero-order valence-corrected chi connectivity index (χ0v) is 9.83. The molecule has 1 aliphatic rings. The third-order valence-electron chi connectivity index (χ3n) is 3.04. The molecule has 0 saturated carbocycles. The van der Waals surface area contributed by atoms with Crippen LogP contribution in [0, 0.1) is 0 Å². The van der Waals surface area contributed by atoms with Gasteiger partial charge in [0.1, 0.15) is 11.5 Å². The molecule has 0 spiro atoms. The van der Waals surface area contributed by atoms with Gasteiger partial charge >= 0.3 is 0 Å². The fourth-order valence-electron chi connectivity index (χ4n) is 2.35. The minimum Gasteiger partial charge on any atom is -0.497 e. The molecule has 0 aliphatic carbocycles. The molecule has 1 aromatic rings. The lowest BCUT2D eigenvalue weighted by Gasteiger charge is -2.36. The molecule has 2 heteroatoms. The summed E-state index contributed by atoms with van der Waals surface area (Å²) in [7, 11) is 1.70. The number of rotatable bonds is 1. The van der Waals surface area contributed by atoms with Gasteiger partial charge in [-0.15, -0.1) is 0 Å². The average Bonchev–Trinajstić information content (AvgIpc) is 2.16. The van der Waals surface area contributed by atoms with E-state index >= 15 is 0 Å². The standard InChI is InChI=1S/C13H18O2/c1-9-8-13(2,3)11-7-10(14-4)5-6-12(11)15-9/h5-7,9H,8H2,1-4H3. The Morgan fingerprint density at radius 2 is 2.13 bits per heavy atom. The molecule has 0 N–H and O–H groups in total. The molecule has 2 nitrogen and oxygen atoms in total. The molecule has 15 heavy (non-hydrogen) atoms. The van der Waals surface area contributed by atoms with Crippen molar-refractivity contribution in [3.05, 3.63) is 23.8 Å². The van der Waals surface area contributed by atoms with E-state index in [0.29, 0.717) is 6.10 Å². The second-order valence-corrected chi connectivity index (χ2v) is 4.88. The number of ether oxygens (including phenoxy) is 2. The quantitative estimate of drug-likeness (QED) is 0.702. The van der Waals surface area contributed by atoms with Crippen LogP contribution < -0.4 is 9.47 Å². The molecular formula is C13H18O2. The van der Waals surface area contributed by atoms with Crippen molar-refractivity contribution < 1.29 is 9.47 Å². The van der Waals surface area contributed by atoms with E-state index in [-0.39, 0.29) is 5.41 Å². The van der Waals surface area contributed by atoms with Crippen molar-refractivity contribution in [1.29, 1.82) is 0 Å². The zero-order chi connectivity index (χ0) is 11.1. The summed E-state index contributed by atoms with van der Waals surface area (Å²) in [6.45, 7) is 6.63. The fourth-order valence-corrected chi connectivity index (χ4v) is 2.35. The van der Waals surface area contributed by atoms with Crippen LogP contribution in [-0.4, -0.2) is 13.2 Å². The highest BCUT2D eigenvalue weighted by atomic mass is 16.5. The van der Waals surface area contributed by atoms with Gasteiger partial charge in [0.25, 0.3) is 0 Å². The Morgan fingerprint density at radius 1 is 1.40 bits per heavy atom. The Bertz CT molecular complexity index is 369. The molecule has 1 aromatic carbocycles. The normalized spacial score (nSPS) is 22.8. The highest BCUT2D eigenvalue weighted by Gasteiger charge is 2.32. The van der Waals surface area contributed by atoms with E-state index in [1.807, 2.05) is 12.1 Å². The van der Waals surface area contributed by atoms with E-state index in [1.54, 1.807) is 7.11 Å². The summed E-state index contributed by atoms with van der Waals surface area (Å²) >= 11 is 0. The molecule has 0 aromatic heterocycles. The van der Waals surface area contributed by atoms with Crippen molar-refractivity contribution in [2.45, 2.75) is 38.7 Å². The third-order valence-corrected chi connectivity index (χ3v) is 3.04. The van der Waals surface area contributed by atoms with Gasteiger partial charge in [0, 0.05) is 5.56 Å². The fraction of sp³-hybridized carbons (Fsp3) is 0.538. The second-order valence-electron chi connectivity index (χ2n) is 4.88. The van der Waals surface area contributed by atoms with Crippen molar-refractivity contribution >= 4 is 0 Å². The number of hydrogen-bond acceptors (Lipinski definition) is 2. The molecular weight excluding hydrogens is 188 g/mol. The van der Waals surface area contributed by atoms with E-state index < -0.39 is 0 Å². The maximum absolute atomic E-state index is 5.81. The van der Waals surface area contributed by atoms with Crippen LogP contribution in [0.3, 0.4) is 0 Å². The lowest BCUT2D eigenvalue weighted by atomic mass is 9.77. The Labute approximate surface area is 91.2 Å². The molecule has 1 heterocycles. The lowest BCUT2D eigenvalue weighted by Crippen LogP contribution is -2.32. The highest BCUT2D eigenvalue weighted by Crippen LogP contribution is 2.42. The highest BCUT2D eigenvalue weighted by molar-refractivity contribution is 5.45. The zero-order valence-electron chi connectivity index (χ0n) is 9.83. The van der Waals surface area contributed by atoms with Crippen molar-refractivity contribution in [1.82, 2.24) is 0 Å². The van der Waals surface area contributed by atoms with Gasteiger partial charge in [-0.25, -0.2) is 0 Å². The van der Waals surface area contributed by atoms with Gasteiger partial charge in [-0.3, -0.25) is 0 Å². The number of benzene rings is 1. The maximum Gasteiger partial charge on any atom is 0.123 e. The summed E-state index contributed by atoms with van der Waals surface area (Å²) in [5.41, 5.74) is 1.42. The number of methoxy groups -OCH3 is 1. The SMILES string of the molecule is COc1ccc2c(c1)C(C)(C)CC(C)O2. The molecule has 0 radical (unpaired) electrons. The first-order valence-electron chi connectivity index (χ1n) is 5.38. The summed E-state index contributed by atoms with van der Waals surface area (Å²) < 4.78 is 11.1. The smallest absolute Gasteiger partial charge is 0.123 e. The van der Waals surface area contributed by atoms with Crippen molar-refractivity contribution in [3.8, 4) is 11.5 Å². The summed E-state index contributed by atoms with van der Waals surface area (Å²) in [5.74, 6) is 1.90. The Hall–Kier alpha value is -1.18. The molecule has 1 aliphatic heterocycles. The van der Waals surface area contributed by atoms with Crippen molar-refractivity contribution in [3.63, 3.8) is 0 Å². The average molecular weight is 206 g/mol. The first-order chi connectivity index (χ1) is 7.03. The van der Waals surface area contributed by atoms with Crippen LogP contribution in [0.4, 0.5) is 0 Å². The molecule has 1 unspecified atom stereocenters. The van der Waals surface area contributed by atoms with Crippen LogP contribution in [0.1, 0.15) is 32.8 Å². The second kappa shape index (κ2) is 3.44. The largest absolute Gasteiger partial charge is 0.497 e. The molecule has 0 amide bonds. The number of hydrogen-bond donors (Lipinski definition) is 0. The molecule has 82 valence electrons. The van der Waals surface area contributed by atoms with Crippen LogP contribution in [0.15, 0.2) is 18.2 Å². The van der Waals surface area contributed by atoms with Gasteiger partial charge in [-0.05, 0) is 37.0 Å². The van der Waals surface area contributed by atoms with E-state index in [4.69, 9.17) is 9.47 Å². The first kappa shape index (κ1) is 10.3. The van der Waals surface area contributed by atoms with Crippen molar-refractivity contribution in [2.75, 3.05) is 7.11 Å². The van der Waals surface area contributed by atoms with Crippen LogP contribution >= 0.6 is 0 Å². The third kappa shape index (κ3) is 1.81. The molecule has 0 saturated heterocycles. The van der Waals surface area contributed by atoms with Crippen LogP contribution in [0.25, 0.3) is 0 Å². The van der Waals surface area contributed by atoms with Gasteiger partial charge in [0.15, 0.2) is 0 Å². The summed E-state index contributed by atoms with van der Waals surface area (Å²) in [6, 6.07) is 6.04. The molecule has 1 atom stereocenters. The molecule has 0 fully saturated rings. The Kier molecular flexibility index (Phi) is 2.37. The number of fused-ring (bicyclic) bond motifs is 1. The van der Waals surface area contributed by atoms with Gasteiger partial charge in [0.05, 0.1) is 13.2 Å². The minimum atomic E-state index is 0.168. The van der Waals surface area contributed by atoms with E-state index in [9.17, 15) is 0 Å². The first-order valence-corrected chi connectivity index (χ1v) is 5.38. The van der Waals surface area contributed by atoms with E-state index in [0.717, 1.165) is 17.9 Å².